The molecule has 0 radical (unpaired) electrons. The van der Waals surface area contributed by atoms with Crippen LogP contribution in [-0.2, 0) is 14.8 Å². The van der Waals surface area contributed by atoms with Gasteiger partial charge in [-0.2, -0.15) is 0 Å². The molecule has 3 N–H and O–H groups in total. The Morgan fingerprint density at radius 3 is 2.46 bits per heavy atom. The van der Waals surface area contributed by atoms with Crippen molar-refractivity contribution in [3.8, 4) is 0 Å². The number of rotatable bonds is 5. The molecule has 0 spiro atoms. The molecule has 3 aromatic carbocycles. The first-order chi connectivity index (χ1) is 17.9. The van der Waals surface area contributed by atoms with Crippen LogP contribution in [0.2, 0.25) is 0 Å². The van der Waals surface area contributed by atoms with Gasteiger partial charge in [0.15, 0.2) is 0 Å². The molecule has 1 amide bonds. The van der Waals surface area contributed by atoms with Gasteiger partial charge in [-0.25, -0.2) is 17.7 Å². The van der Waals surface area contributed by atoms with Crippen LogP contribution in [0.3, 0.4) is 0 Å². The van der Waals surface area contributed by atoms with Crippen molar-refractivity contribution in [2.24, 2.45) is 0 Å². The molecule has 0 atom stereocenters. The van der Waals surface area contributed by atoms with Crippen molar-refractivity contribution >= 4 is 49.5 Å². The van der Waals surface area contributed by atoms with E-state index in [4.69, 9.17) is 4.98 Å². The number of sulfonamides is 1. The molecule has 3 heterocycles. The summed E-state index contributed by atoms with van der Waals surface area (Å²) in [5, 5.41) is 6.57. The van der Waals surface area contributed by atoms with Crippen LogP contribution in [0.4, 0.5) is 11.4 Å². The standard InChI is InChI=1S/C28H27N5O3S/c1-37(35,36)33-15-13-19(14-16-33)29-20-11-12-22-21(17-20)26(28(34)32-22)25(18-7-3-2-4-8-18)27-30-23-9-5-6-10-24(23)31-27/h2-12,17,19,29H,13-16H2,1H3,(H,30,31)(H,32,34). The molecule has 2 aliphatic rings. The number of aromatic amines is 1. The van der Waals surface area contributed by atoms with Gasteiger partial charge in [0.1, 0.15) is 5.82 Å². The Morgan fingerprint density at radius 2 is 1.73 bits per heavy atom. The van der Waals surface area contributed by atoms with Crippen LogP contribution < -0.4 is 10.6 Å². The predicted octanol–water partition coefficient (Wildman–Crippen LogP) is 4.31. The lowest BCUT2D eigenvalue weighted by Crippen LogP contribution is -2.41. The number of amides is 1. The monoisotopic (exact) mass is 513 g/mol. The number of nitrogens with zero attached hydrogens (tertiary/aromatic N) is 2. The first-order valence-corrected chi connectivity index (χ1v) is 14.1. The molecule has 1 aromatic heterocycles. The van der Waals surface area contributed by atoms with Crippen molar-refractivity contribution in [1.82, 2.24) is 14.3 Å². The number of para-hydroxylation sites is 2. The number of carbonyl (C=O) groups excluding carboxylic acids is 1. The van der Waals surface area contributed by atoms with E-state index in [0.29, 0.717) is 24.5 Å². The number of fused-ring (bicyclic) bond motifs is 2. The minimum absolute atomic E-state index is 0.150. The summed E-state index contributed by atoms with van der Waals surface area (Å²) in [5.74, 6) is 0.463. The molecule has 0 bridgehead atoms. The summed E-state index contributed by atoms with van der Waals surface area (Å²) >= 11 is 0. The van der Waals surface area contributed by atoms with Gasteiger partial charge in [-0.05, 0) is 48.7 Å². The first-order valence-electron chi connectivity index (χ1n) is 12.3. The van der Waals surface area contributed by atoms with Crippen molar-refractivity contribution in [2.45, 2.75) is 18.9 Å². The predicted molar refractivity (Wildman–Crippen MR) is 147 cm³/mol. The van der Waals surface area contributed by atoms with Gasteiger partial charge in [-0.1, -0.05) is 42.5 Å². The largest absolute Gasteiger partial charge is 0.382 e. The van der Waals surface area contributed by atoms with E-state index in [1.807, 2.05) is 72.8 Å². The second-order valence-corrected chi connectivity index (χ2v) is 11.5. The smallest absolute Gasteiger partial charge is 0.257 e. The number of nitrogens with one attached hydrogen (secondary N) is 3. The van der Waals surface area contributed by atoms with E-state index in [1.54, 1.807) is 0 Å². The topological polar surface area (TPSA) is 107 Å². The number of hydrogen-bond donors (Lipinski definition) is 3. The second kappa shape index (κ2) is 9.17. The molecule has 9 heteroatoms. The van der Waals surface area contributed by atoms with E-state index < -0.39 is 10.0 Å². The van der Waals surface area contributed by atoms with Gasteiger partial charge in [-0.15, -0.1) is 0 Å². The molecule has 1 fully saturated rings. The zero-order chi connectivity index (χ0) is 25.6. The molecule has 0 aliphatic carbocycles. The molecule has 4 aromatic rings. The van der Waals surface area contributed by atoms with E-state index in [2.05, 4.69) is 15.6 Å². The SMILES string of the molecule is CS(=O)(=O)N1CCC(Nc2ccc3c(c2)C(=C(c2ccccc2)c2nc4ccccc4[nH]2)C(=O)N3)CC1. The zero-order valence-corrected chi connectivity index (χ0v) is 21.2. The average Bonchev–Trinajstić information content (AvgIpc) is 3.45. The highest BCUT2D eigenvalue weighted by Crippen LogP contribution is 2.41. The summed E-state index contributed by atoms with van der Waals surface area (Å²) in [6.07, 6.45) is 2.70. The fourth-order valence-electron chi connectivity index (χ4n) is 5.15. The normalized spacial score (nSPS) is 18.0. The molecule has 0 saturated carbocycles. The van der Waals surface area contributed by atoms with E-state index in [-0.39, 0.29) is 11.9 Å². The van der Waals surface area contributed by atoms with Crippen LogP contribution in [0.15, 0.2) is 72.8 Å². The fourth-order valence-corrected chi connectivity index (χ4v) is 6.02. The maximum atomic E-state index is 13.4. The lowest BCUT2D eigenvalue weighted by atomic mass is 9.94. The number of aromatic nitrogens is 2. The van der Waals surface area contributed by atoms with Crippen LogP contribution in [0.25, 0.3) is 22.2 Å². The molecular weight excluding hydrogens is 486 g/mol. The summed E-state index contributed by atoms with van der Waals surface area (Å²) in [6, 6.07) is 23.6. The number of carbonyl (C=O) groups is 1. The van der Waals surface area contributed by atoms with E-state index in [9.17, 15) is 13.2 Å². The van der Waals surface area contributed by atoms with E-state index in [0.717, 1.165) is 51.9 Å². The highest BCUT2D eigenvalue weighted by atomic mass is 32.2. The maximum absolute atomic E-state index is 13.4. The molecule has 8 nitrogen and oxygen atoms in total. The summed E-state index contributed by atoms with van der Waals surface area (Å²) in [6.45, 7) is 0.994. The van der Waals surface area contributed by atoms with Crippen molar-refractivity contribution in [3.63, 3.8) is 0 Å². The lowest BCUT2D eigenvalue weighted by Gasteiger charge is -2.31. The zero-order valence-electron chi connectivity index (χ0n) is 20.4. The highest BCUT2D eigenvalue weighted by Gasteiger charge is 2.31. The third-order valence-electron chi connectivity index (χ3n) is 7.00. The minimum atomic E-state index is -3.17. The van der Waals surface area contributed by atoms with Gasteiger partial charge in [0.05, 0.1) is 22.9 Å². The number of H-pyrrole nitrogens is 1. The van der Waals surface area contributed by atoms with E-state index in [1.165, 1.54) is 10.6 Å². The summed E-state index contributed by atoms with van der Waals surface area (Å²) < 4.78 is 25.2. The Morgan fingerprint density at radius 1 is 1.00 bits per heavy atom. The molecule has 188 valence electrons. The van der Waals surface area contributed by atoms with Gasteiger partial charge in [0.2, 0.25) is 10.0 Å². The molecular formula is C28H27N5O3S. The number of hydrogen-bond acceptors (Lipinski definition) is 5. The van der Waals surface area contributed by atoms with Gasteiger partial charge < -0.3 is 15.6 Å². The van der Waals surface area contributed by atoms with Gasteiger partial charge in [-0.3, -0.25) is 4.79 Å². The van der Waals surface area contributed by atoms with Crippen LogP contribution >= 0.6 is 0 Å². The Hall–Kier alpha value is -3.95. The third kappa shape index (κ3) is 4.52. The third-order valence-corrected chi connectivity index (χ3v) is 8.30. The summed E-state index contributed by atoms with van der Waals surface area (Å²) in [4.78, 5) is 21.6. The number of benzene rings is 3. The average molecular weight is 514 g/mol. The number of anilines is 2. The maximum Gasteiger partial charge on any atom is 0.257 e. The highest BCUT2D eigenvalue weighted by molar-refractivity contribution is 7.88. The van der Waals surface area contributed by atoms with Gasteiger partial charge in [0, 0.05) is 41.6 Å². The van der Waals surface area contributed by atoms with Crippen LogP contribution in [0, 0.1) is 0 Å². The summed E-state index contributed by atoms with van der Waals surface area (Å²) in [7, 11) is -3.17. The quantitative estimate of drug-likeness (QED) is 0.345. The van der Waals surface area contributed by atoms with Crippen molar-refractivity contribution in [3.05, 3.63) is 89.7 Å². The second-order valence-electron chi connectivity index (χ2n) is 9.51. The van der Waals surface area contributed by atoms with Gasteiger partial charge in [0.25, 0.3) is 5.91 Å². The van der Waals surface area contributed by atoms with Crippen LogP contribution in [0.5, 0.6) is 0 Å². The van der Waals surface area contributed by atoms with Crippen LogP contribution in [-0.4, -0.2) is 54.0 Å². The minimum Gasteiger partial charge on any atom is -0.382 e. The Balaban J connectivity index is 1.40. The summed E-state index contributed by atoms with van der Waals surface area (Å²) in [5.41, 5.74) is 6.39. The van der Waals surface area contributed by atoms with Crippen LogP contribution in [0.1, 0.15) is 29.8 Å². The molecule has 6 rings (SSSR count). The molecule has 0 unspecified atom stereocenters. The van der Waals surface area contributed by atoms with Crippen molar-refractivity contribution in [2.75, 3.05) is 30.0 Å². The Bertz CT molecular complexity index is 1600. The molecule has 37 heavy (non-hydrogen) atoms. The Kier molecular flexibility index (Phi) is 5.81. The molecule has 1 saturated heterocycles. The van der Waals surface area contributed by atoms with Crippen molar-refractivity contribution in [1.29, 1.82) is 0 Å². The lowest BCUT2D eigenvalue weighted by molar-refractivity contribution is -0.110. The first kappa shape index (κ1) is 23.4. The number of piperidine rings is 1. The van der Waals surface area contributed by atoms with E-state index >= 15 is 0 Å². The van der Waals surface area contributed by atoms with Gasteiger partial charge >= 0.3 is 0 Å². The Labute approximate surface area is 215 Å². The number of imidazole rings is 1. The molecule has 2 aliphatic heterocycles. The van der Waals surface area contributed by atoms with Crippen molar-refractivity contribution < 1.29 is 13.2 Å². The fraction of sp³-hybridized carbons (Fsp3) is 0.214.